The Bertz CT molecular complexity index is 1330. The molecule has 0 radical (unpaired) electrons. The van der Waals surface area contributed by atoms with Crippen molar-refractivity contribution in [3.05, 3.63) is 59.1 Å². The van der Waals surface area contributed by atoms with E-state index in [2.05, 4.69) is 66.1 Å². The number of allylic oxidation sites excluding steroid dienone is 2. The molecule has 1 atom stereocenters. The van der Waals surface area contributed by atoms with Crippen LogP contribution in [0.4, 0.5) is 10.1 Å². The smallest absolute Gasteiger partial charge is 0.175 e. The monoisotopic (exact) mass is 583 g/mol. The minimum Gasteiger partial charge on any atom is -0.353 e. The van der Waals surface area contributed by atoms with Gasteiger partial charge < -0.3 is 10.2 Å². The van der Waals surface area contributed by atoms with Gasteiger partial charge in [-0.3, -0.25) is 15.0 Å². The highest BCUT2D eigenvalue weighted by atomic mass is 19.1. The first-order valence-corrected chi connectivity index (χ1v) is 16.7. The molecule has 2 aliphatic carbocycles. The number of aromatic nitrogens is 1. The molecule has 1 saturated carbocycles. The molecule has 6 heteroatoms. The van der Waals surface area contributed by atoms with Crippen LogP contribution in [0.2, 0.25) is 0 Å². The van der Waals surface area contributed by atoms with Gasteiger partial charge in [-0.15, -0.1) is 0 Å². The van der Waals surface area contributed by atoms with Gasteiger partial charge in [0, 0.05) is 44.0 Å². The molecule has 0 bridgehead atoms. The van der Waals surface area contributed by atoms with Gasteiger partial charge in [0.2, 0.25) is 0 Å². The van der Waals surface area contributed by atoms with Gasteiger partial charge >= 0.3 is 0 Å². The molecule has 230 valence electrons. The van der Waals surface area contributed by atoms with Crippen LogP contribution in [0.5, 0.6) is 0 Å². The van der Waals surface area contributed by atoms with Gasteiger partial charge in [0.1, 0.15) is 17.2 Å². The Morgan fingerprint density at radius 1 is 1.14 bits per heavy atom. The highest BCUT2D eigenvalue weighted by molar-refractivity contribution is 6.03. The summed E-state index contributed by atoms with van der Waals surface area (Å²) in [5, 5.41) is 3.65. The molecular weight excluding hydrogens is 533 g/mol. The third-order valence-corrected chi connectivity index (χ3v) is 9.59. The van der Waals surface area contributed by atoms with Crippen LogP contribution >= 0.6 is 0 Å². The number of fused-ring (bicyclic) bond motifs is 1. The first kappa shape index (κ1) is 31.3. The molecule has 0 amide bonds. The molecule has 2 fully saturated rings. The number of pyridine rings is 1. The third kappa shape index (κ3) is 7.70. The molecule has 43 heavy (non-hydrogen) atoms. The number of rotatable bonds is 9. The summed E-state index contributed by atoms with van der Waals surface area (Å²) < 4.78 is 16.4. The van der Waals surface area contributed by atoms with Crippen molar-refractivity contribution in [3.63, 3.8) is 0 Å². The van der Waals surface area contributed by atoms with Crippen molar-refractivity contribution in [2.75, 3.05) is 26.2 Å². The quantitative estimate of drug-likeness (QED) is 0.182. The standard InChI is InChI=1S/C37H50FN5/c1-4-15-29-27-43(25-24-40-29)36(41-23-14-22-37(2)20-11-6-5-7-12-21-37)32-26-42-35(33(38)34(32)39-3)31-19-13-17-28-16-9-8-10-18-30(28)31/h9-10,13,16-19,26,29,40H,3-8,11-12,14-15,20-25,27H2,1-2H3. The van der Waals surface area contributed by atoms with E-state index < -0.39 is 5.82 Å². The molecule has 0 spiro atoms. The van der Waals surface area contributed by atoms with Crippen molar-refractivity contribution in [1.82, 2.24) is 15.2 Å². The highest BCUT2D eigenvalue weighted by Crippen LogP contribution is 2.38. The zero-order valence-electron chi connectivity index (χ0n) is 26.4. The fourth-order valence-corrected chi connectivity index (χ4v) is 7.18. The van der Waals surface area contributed by atoms with Crippen molar-refractivity contribution in [1.29, 1.82) is 0 Å². The molecule has 1 aliphatic heterocycles. The zero-order valence-corrected chi connectivity index (χ0v) is 26.4. The number of halogens is 1. The van der Waals surface area contributed by atoms with Crippen molar-refractivity contribution in [3.8, 4) is 11.3 Å². The summed E-state index contributed by atoms with van der Waals surface area (Å²) >= 11 is 0. The summed E-state index contributed by atoms with van der Waals surface area (Å²) in [6, 6.07) is 6.35. The summed E-state index contributed by atoms with van der Waals surface area (Å²) in [5.41, 5.74) is 4.40. The first-order valence-electron chi connectivity index (χ1n) is 16.7. The Kier molecular flexibility index (Phi) is 11.0. The number of benzene rings is 1. The van der Waals surface area contributed by atoms with Gasteiger partial charge in [0.05, 0.1) is 5.56 Å². The Hall–Kier alpha value is -3.12. The van der Waals surface area contributed by atoms with Gasteiger partial charge in [-0.2, -0.15) is 0 Å². The predicted molar refractivity (Wildman–Crippen MR) is 181 cm³/mol. The maximum absolute atomic E-state index is 16.4. The number of hydrogen-bond acceptors (Lipinski definition) is 4. The lowest BCUT2D eigenvalue weighted by atomic mass is 9.75. The fourth-order valence-electron chi connectivity index (χ4n) is 7.18. The van der Waals surface area contributed by atoms with E-state index in [-0.39, 0.29) is 5.69 Å². The second-order valence-corrected chi connectivity index (χ2v) is 13.0. The molecule has 5 rings (SSSR count). The Morgan fingerprint density at radius 2 is 1.93 bits per heavy atom. The van der Waals surface area contributed by atoms with Gasteiger partial charge in [0.15, 0.2) is 5.82 Å². The predicted octanol–water partition coefficient (Wildman–Crippen LogP) is 9.00. The molecule has 1 saturated heterocycles. The second kappa shape index (κ2) is 15.1. The van der Waals surface area contributed by atoms with E-state index in [9.17, 15) is 0 Å². The lowest BCUT2D eigenvalue weighted by molar-refractivity contribution is 0.215. The Morgan fingerprint density at radius 3 is 2.72 bits per heavy atom. The number of amidine groups is 1. The molecule has 2 aromatic rings. The fraction of sp³-hybridized carbons (Fsp3) is 0.541. The summed E-state index contributed by atoms with van der Waals surface area (Å²) in [5.74, 6) is 0.373. The summed E-state index contributed by atoms with van der Waals surface area (Å²) in [6.07, 6.45) is 24.9. The van der Waals surface area contributed by atoms with E-state index in [0.717, 1.165) is 74.4 Å². The van der Waals surface area contributed by atoms with Crippen LogP contribution in [0.25, 0.3) is 23.4 Å². The normalized spacial score (nSPS) is 20.7. The maximum atomic E-state index is 16.4. The van der Waals surface area contributed by atoms with Gasteiger partial charge in [-0.1, -0.05) is 94.9 Å². The van der Waals surface area contributed by atoms with E-state index in [1.165, 1.54) is 51.4 Å². The largest absolute Gasteiger partial charge is 0.353 e. The molecule has 1 N–H and O–H groups in total. The van der Waals surface area contributed by atoms with Crippen molar-refractivity contribution >= 4 is 30.4 Å². The van der Waals surface area contributed by atoms with E-state index in [0.29, 0.717) is 22.7 Å². The van der Waals surface area contributed by atoms with Crippen LogP contribution in [-0.2, 0) is 0 Å². The number of nitrogens with zero attached hydrogens (tertiary/aromatic N) is 4. The number of aliphatic imine (C=N–C) groups is 2. The van der Waals surface area contributed by atoms with E-state index in [4.69, 9.17) is 9.98 Å². The molecular formula is C37H50FN5. The minimum absolute atomic E-state index is 0.243. The highest BCUT2D eigenvalue weighted by Gasteiger charge is 2.28. The van der Waals surface area contributed by atoms with E-state index in [1.807, 2.05) is 12.1 Å². The van der Waals surface area contributed by atoms with Crippen molar-refractivity contribution in [2.24, 2.45) is 15.4 Å². The number of hydrogen-bond donors (Lipinski definition) is 1. The lowest BCUT2D eigenvalue weighted by Crippen LogP contribution is -2.52. The van der Waals surface area contributed by atoms with Crippen molar-refractivity contribution < 1.29 is 4.39 Å². The summed E-state index contributed by atoms with van der Waals surface area (Å²) in [7, 11) is 0. The molecule has 1 aromatic carbocycles. The van der Waals surface area contributed by atoms with Gasteiger partial charge in [-0.05, 0) is 61.8 Å². The van der Waals surface area contributed by atoms with Crippen LogP contribution in [-0.4, -0.2) is 54.7 Å². The van der Waals surface area contributed by atoms with Gasteiger partial charge in [-0.25, -0.2) is 4.39 Å². The van der Waals surface area contributed by atoms with Crippen LogP contribution in [0.15, 0.2) is 46.5 Å². The average Bonchev–Trinajstić information content (AvgIpc) is 3.26. The molecule has 5 nitrogen and oxygen atoms in total. The SMILES string of the molecule is C=Nc1c(C(=NCCCC2(C)CCCCCCC2)N2CCNC(CCC)C2)cnc(-c2cccc3c2C=CCC=C3)c1F. The summed E-state index contributed by atoms with van der Waals surface area (Å²) in [6.45, 7) is 11.8. The topological polar surface area (TPSA) is 52.9 Å². The summed E-state index contributed by atoms with van der Waals surface area (Å²) in [4.78, 5) is 16.5. The van der Waals surface area contributed by atoms with Gasteiger partial charge in [0.25, 0.3) is 0 Å². The minimum atomic E-state index is -0.433. The van der Waals surface area contributed by atoms with Crippen LogP contribution < -0.4 is 5.32 Å². The Labute approximate surface area is 258 Å². The molecule has 2 heterocycles. The van der Waals surface area contributed by atoms with Crippen LogP contribution in [0, 0.1) is 11.2 Å². The zero-order chi connectivity index (χ0) is 30.1. The second-order valence-electron chi connectivity index (χ2n) is 13.0. The van der Waals surface area contributed by atoms with E-state index >= 15 is 4.39 Å². The maximum Gasteiger partial charge on any atom is 0.175 e. The van der Waals surface area contributed by atoms with Crippen LogP contribution in [0.3, 0.4) is 0 Å². The first-order chi connectivity index (χ1) is 21.0. The molecule has 1 aromatic heterocycles. The van der Waals surface area contributed by atoms with Crippen molar-refractivity contribution in [2.45, 2.75) is 96.9 Å². The lowest BCUT2D eigenvalue weighted by Gasteiger charge is -2.36. The van der Waals surface area contributed by atoms with Crippen LogP contribution in [0.1, 0.15) is 108 Å². The number of piperazine rings is 1. The average molecular weight is 584 g/mol. The third-order valence-electron chi connectivity index (χ3n) is 9.59. The number of nitrogens with one attached hydrogen (secondary N) is 1. The Balaban J connectivity index is 1.46. The van der Waals surface area contributed by atoms with E-state index in [1.54, 1.807) is 6.20 Å². The molecule has 3 aliphatic rings. The molecule has 1 unspecified atom stereocenters.